The van der Waals surface area contributed by atoms with Crippen LogP contribution >= 0.6 is 11.6 Å². The van der Waals surface area contributed by atoms with E-state index in [4.69, 9.17) is 11.6 Å². The fourth-order valence-corrected chi connectivity index (χ4v) is 2.21. The van der Waals surface area contributed by atoms with Crippen molar-refractivity contribution in [1.29, 1.82) is 0 Å². The van der Waals surface area contributed by atoms with E-state index < -0.39 is 0 Å². The van der Waals surface area contributed by atoms with Crippen LogP contribution in [0.25, 0.3) is 5.69 Å². The average Bonchev–Trinajstić information content (AvgIpc) is 3.04. The monoisotopic (exact) mass is 313 g/mol. The lowest BCUT2D eigenvalue weighted by Crippen LogP contribution is -2.14. The van der Waals surface area contributed by atoms with Crippen LogP contribution in [0.3, 0.4) is 0 Å². The van der Waals surface area contributed by atoms with Crippen LogP contribution in [0.2, 0.25) is 5.02 Å². The summed E-state index contributed by atoms with van der Waals surface area (Å²) >= 11 is 6.15. The second kappa shape index (κ2) is 5.95. The van der Waals surface area contributed by atoms with Crippen LogP contribution < -0.4 is 5.32 Å². The van der Waals surface area contributed by atoms with Crippen LogP contribution in [0.5, 0.6) is 0 Å². The van der Waals surface area contributed by atoms with Gasteiger partial charge in [0.05, 0.1) is 16.4 Å². The lowest BCUT2D eigenvalue weighted by atomic mass is 10.1. The molecule has 2 aromatic carbocycles. The Labute approximate surface area is 131 Å². The number of anilines is 1. The highest BCUT2D eigenvalue weighted by Crippen LogP contribution is 2.25. The molecule has 22 heavy (non-hydrogen) atoms. The van der Waals surface area contributed by atoms with Crippen molar-refractivity contribution in [2.24, 2.45) is 0 Å². The third-order valence-electron chi connectivity index (χ3n) is 3.20. The Morgan fingerprint density at radius 1 is 1.23 bits per heavy atom. The molecule has 0 aliphatic rings. The van der Waals surface area contributed by atoms with Gasteiger partial charge in [0.2, 0.25) is 0 Å². The van der Waals surface area contributed by atoms with Gasteiger partial charge in [-0.15, -0.1) is 5.10 Å². The summed E-state index contributed by atoms with van der Waals surface area (Å²) in [5, 5.41) is 14.2. The summed E-state index contributed by atoms with van der Waals surface area (Å²) in [7, 11) is 0. The van der Waals surface area contributed by atoms with Crippen LogP contribution in [0, 0.1) is 6.92 Å². The Balaban J connectivity index is 1.91. The van der Waals surface area contributed by atoms with Crippen LogP contribution in [0.4, 0.5) is 5.69 Å². The molecule has 1 amide bonds. The molecule has 0 atom stereocenters. The number of rotatable bonds is 3. The van der Waals surface area contributed by atoms with Crippen molar-refractivity contribution >= 4 is 23.2 Å². The van der Waals surface area contributed by atoms with Gasteiger partial charge < -0.3 is 5.32 Å². The molecule has 0 radical (unpaired) electrons. The van der Waals surface area contributed by atoms with E-state index in [9.17, 15) is 4.79 Å². The molecule has 1 heterocycles. The molecule has 0 spiro atoms. The SMILES string of the molecule is Cc1ccccc1C(=O)Nc1cc(-n2cnnn2)ccc1Cl. The first-order valence-electron chi connectivity index (χ1n) is 6.55. The maximum atomic E-state index is 12.4. The molecule has 0 bridgehead atoms. The number of hydrogen-bond acceptors (Lipinski definition) is 4. The van der Waals surface area contributed by atoms with Gasteiger partial charge in [0.15, 0.2) is 0 Å². The number of aromatic nitrogens is 4. The molecule has 110 valence electrons. The number of carbonyl (C=O) groups excluding carboxylic acids is 1. The molecule has 3 aromatic rings. The molecule has 0 fully saturated rings. The first kappa shape index (κ1) is 14.2. The van der Waals surface area contributed by atoms with Crippen molar-refractivity contribution in [3.8, 4) is 5.69 Å². The lowest BCUT2D eigenvalue weighted by Gasteiger charge is -2.10. The predicted octanol–water partition coefficient (Wildman–Crippen LogP) is 2.88. The summed E-state index contributed by atoms with van der Waals surface area (Å²) in [4.78, 5) is 12.4. The quantitative estimate of drug-likeness (QED) is 0.807. The normalized spacial score (nSPS) is 10.5. The van der Waals surface area contributed by atoms with Gasteiger partial charge in [-0.25, -0.2) is 4.68 Å². The maximum absolute atomic E-state index is 12.4. The minimum absolute atomic E-state index is 0.214. The minimum atomic E-state index is -0.214. The van der Waals surface area contributed by atoms with E-state index >= 15 is 0 Å². The van der Waals surface area contributed by atoms with Gasteiger partial charge in [-0.2, -0.15) is 0 Å². The van der Waals surface area contributed by atoms with E-state index in [0.29, 0.717) is 22.0 Å². The third-order valence-corrected chi connectivity index (χ3v) is 3.53. The summed E-state index contributed by atoms with van der Waals surface area (Å²) in [6.45, 7) is 1.88. The Morgan fingerprint density at radius 3 is 2.77 bits per heavy atom. The van der Waals surface area contributed by atoms with Crippen molar-refractivity contribution in [2.75, 3.05) is 5.32 Å². The molecule has 0 saturated heterocycles. The molecule has 6 nitrogen and oxygen atoms in total. The zero-order valence-electron chi connectivity index (χ0n) is 11.7. The molecule has 7 heteroatoms. The smallest absolute Gasteiger partial charge is 0.255 e. The second-order valence-electron chi connectivity index (χ2n) is 4.69. The van der Waals surface area contributed by atoms with Crippen molar-refractivity contribution in [3.05, 3.63) is 64.9 Å². The van der Waals surface area contributed by atoms with Gasteiger partial charge in [-0.3, -0.25) is 4.79 Å². The Morgan fingerprint density at radius 2 is 2.05 bits per heavy atom. The van der Waals surface area contributed by atoms with Gasteiger partial charge >= 0.3 is 0 Å². The molecule has 1 N–H and O–H groups in total. The summed E-state index contributed by atoms with van der Waals surface area (Å²) in [5.74, 6) is -0.214. The number of carbonyl (C=O) groups is 1. The van der Waals surface area contributed by atoms with E-state index in [1.807, 2.05) is 25.1 Å². The van der Waals surface area contributed by atoms with E-state index in [1.165, 1.54) is 11.0 Å². The second-order valence-corrected chi connectivity index (χ2v) is 5.09. The largest absolute Gasteiger partial charge is 0.321 e. The molecular formula is C15H12ClN5O. The van der Waals surface area contributed by atoms with E-state index in [1.54, 1.807) is 24.3 Å². The average molecular weight is 314 g/mol. The lowest BCUT2D eigenvalue weighted by molar-refractivity contribution is 0.102. The van der Waals surface area contributed by atoms with Crippen molar-refractivity contribution in [2.45, 2.75) is 6.92 Å². The van der Waals surface area contributed by atoms with Gasteiger partial charge in [-0.1, -0.05) is 29.8 Å². The van der Waals surface area contributed by atoms with Crippen LogP contribution in [-0.4, -0.2) is 26.1 Å². The molecule has 0 unspecified atom stereocenters. The number of benzene rings is 2. The topological polar surface area (TPSA) is 72.7 Å². The molecular weight excluding hydrogens is 302 g/mol. The zero-order chi connectivity index (χ0) is 15.5. The molecule has 0 aliphatic heterocycles. The van der Waals surface area contributed by atoms with Crippen molar-refractivity contribution < 1.29 is 4.79 Å². The minimum Gasteiger partial charge on any atom is -0.321 e. The Hall–Kier alpha value is -2.73. The molecule has 0 aliphatic carbocycles. The van der Waals surface area contributed by atoms with Crippen LogP contribution in [-0.2, 0) is 0 Å². The van der Waals surface area contributed by atoms with Gasteiger partial charge in [-0.05, 0) is 47.2 Å². The summed E-state index contributed by atoms with van der Waals surface area (Å²) in [6.07, 6.45) is 1.47. The van der Waals surface area contributed by atoms with Gasteiger partial charge in [0.1, 0.15) is 6.33 Å². The fraction of sp³-hybridized carbons (Fsp3) is 0.0667. The maximum Gasteiger partial charge on any atom is 0.255 e. The standard InChI is InChI=1S/C15H12ClN5O/c1-10-4-2-3-5-12(10)15(22)18-14-8-11(6-7-13(14)16)21-9-17-19-20-21/h2-9H,1H3,(H,18,22). The third kappa shape index (κ3) is 2.82. The number of hydrogen-bond donors (Lipinski definition) is 1. The van der Waals surface area contributed by atoms with Crippen molar-refractivity contribution in [1.82, 2.24) is 20.2 Å². The van der Waals surface area contributed by atoms with Gasteiger partial charge in [0.25, 0.3) is 5.91 Å². The number of amides is 1. The van der Waals surface area contributed by atoms with E-state index in [2.05, 4.69) is 20.8 Å². The van der Waals surface area contributed by atoms with Gasteiger partial charge in [0, 0.05) is 5.56 Å². The number of aryl methyl sites for hydroxylation is 1. The fourth-order valence-electron chi connectivity index (χ4n) is 2.05. The first-order valence-corrected chi connectivity index (χ1v) is 6.93. The van der Waals surface area contributed by atoms with Crippen LogP contribution in [0.1, 0.15) is 15.9 Å². The molecule has 1 aromatic heterocycles. The number of halogens is 1. The highest BCUT2D eigenvalue weighted by Gasteiger charge is 2.11. The number of nitrogens with one attached hydrogen (secondary N) is 1. The molecule has 0 saturated carbocycles. The van der Waals surface area contributed by atoms with Crippen molar-refractivity contribution in [3.63, 3.8) is 0 Å². The predicted molar refractivity (Wildman–Crippen MR) is 83.3 cm³/mol. The van der Waals surface area contributed by atoms with E-state index in [0.717, 1.165) is 5.56 Å². The summed E-state index contributed by atoms with van der Waals surface area (Å²) in [6, 6.07) is 12.5. The van der Waals surface area contributed by atoms with Crippen LogP contribution in [0.15, 0.2) is 48.8 Å². The first-order chi connectivity index (χ1) is 10.6. The summed E-state index contributed by atoms with van der Waals surface area (Å²) < 4.78 is 1.49. The zero-order valence-corrected chi connectivity index (χ0v) is 12.4. The number of nitrogens with zero attached hydrogens (tertiary/aromatic N) is 4. The Bertz CT molecular complexity index is 817. The highest BCUT2D eigenvalue weighted by molar-refractivity contribution is 6.34. The Kier molecular flexibility index (Phi) is 3.84. The molecule has 3 rings (SSSR count). The summed E-state index contributed by atoms with van der Waals surface area (Å²) in [5.41, 5.74) is 2.71. The number of tetrazole rings is 1. The highest BCUT2D eigenvalue weighted by atomic mass is 35.5. The van der Waals surface area contributed by atoms with E-state index in [-0.39, 0.29) is 5.91 Å².